The molecule has 0 bridgehead atoms. The van der Waals surface area contributed by atoms with Gasteiger partial charge in [0.1, 0.15) is 10.8 Å². The summed E-state index contributed by atoms with van der Waals surface area (Å²) in [6.07, 6.45) is 1.78. The zero-order valence-corrected chi connectivity index (χ0v) is 9.52. The molecule has 16 heavy (non-hydrogen) atoms. The second-order valence-electron chi connectivity index (χ2n) is 3.82. The molecule has 1 atom stereocenters. The lowest BCUT2D eigenvalue weighted by Crippen LogP contribution is -2.38. The van der Waals surface area contributed by atoms with Crippen molar-refractivity contribution in [1.82, 2.24) is 9.88 Å². The van der Waals surface area contributed by atoms with Gasteiger partial charge in [-0.1, -0.05) is 17.7 Å². The van der Waals surface area contributed by atoms with E-state index in [1.165, 1.54) is 0 Å². The summed E-state index contributed by atoms with van der Waals surface area (Å²) in [7, 11) is 0. The number of carbonyl (C=O) groups excluding carboxylic acids is 1. The van der Waals surface area contributed by atoms with Crippen LogP contribution < -0.4 is 0 Å². The largest absolute Gasteiger partial charge is 0.394 e. The Morgan fingerprint density at radius 1 is 1.62 bits per heavy atom. The number of hydrogen-bond acceptors (Lipinski definition) is 3. The third-order valence-electron chi connectivity index (χ3n) is 2.78. The number of pyridine rings is 1. The molecule has 5 heteroatoms. The van der Waals surface area contributed by atoms with Gasteiger partial charge in [-0.05, 0) is 25.0 Å². The molecule has 1 fully saturated rings. The Balaban J connectivity index is 2.18. The van der Waals surface area contributed by atoms with Crippen LogP contribution in [0.15, 0.2) is 18.2 Å². The third kappa shape index (κ3) is 2.18. The van der Waals surface area contributed by atoms with Gasteiger partial charge in [0, 0.05) is 6.54 Å². The summed E-state index contributed by atoms with van der Waals surface area (Å²) in [6, 6.07) is 4.90. The lowest BCUT2D eigenvalue weighted by molar-refractivity contribution is 0.0672. The first-order valence-corrected chi connectivity index (χ1v) is 5.64. The van der Waals surface area contributed by atoms with Gasteiger partial charge in [-0.3, -0.25) is 4.79 Å². The minimum Gasteiger partial charge on any atom is -0.394 e. The first kappa shape index (κ1) is 11.4. The first-order chi connectivity index (χ1) is 7.72. The molecule has 2 heterocycles. The number of amides is 1. The van der Waals surface area contributed by atoms with E-state index < -0.39 is 0 Å². The lowest BCUT2D eigenvalue weighted by atomic mass is 10.2. The Hall–Kier alpha value is -1.13. The van der Waals surface area contributed by atoms with E-state index in [1.54, 1.807) is 23.1 Å². The molecule has 1 N–H and O–H groups in total. The van der Waals surface area contributed by atoms with Gasteiger partial charge < -0.3 is 10.0 Å². The van der Waals surface area contributed by atoms with Gasteiger partial charge in [-0.15, -0.1) is 0 Å². The van der Waals surface area contributed by atoms with E-state index in [2.05, 4.69) is 4.98 Å². The number of halogens is 1. The van der Waals surface area contributed by atoms with Crippen LogP contribution >= 0.6 is 11.6 Å². The van der Waals surface area contributed by atoms with Crippen molar-refractivity contribution in [3.05, 3.63) is 29.0 Å². The number of hydrogen-bond donors (Lipinski definition) is 1. The number of nitrogens with zero attached hydrogens (tertiary/aromatic N) is 2. The van der Waals surface area contributed by atoms with Gasteiger partial charge >= 0.3 is 0 Å². The number of aliphatic hydroxyl groups excluding tert-OH is 1. The molecular formula is C11H13ClN2O2. The normalized spacial score (nSPS) is 20.1. The molecule has 0 spiro atoms. The first-order valence-electron chi connectivity index (χ1n) is 5.27. The predicted octanol–water partition coefficient (Wildman–Crippen LogP) is 1.33. The molecule has 1 aliphatic rings. The van der Waals surface area contributed by atoms with Gasteiger partial charge in [-0.25, -0.2) is 4.98 Å². The third-order valence-corrected chi connectivity index (χ3v) is 2.99. The van der Waals surface area contributed by atoms with Crippen LogP contribution in [0.4, 0.5) is 0 Å². The smallest absolute Gasteiger partial charge is 0.272 e. The van der Waals surface area contributed by atoms with E-state index in [0.29, 0.717) is 17.4 Å². The Bertz CT molecular complexity index is 397. The van der Waals surface area contributed by atoms with E-state index in [9.17, 15) is 4.79 Å². The molecule has 0 aliphatic carbocycles. The lowest BCUT2D eigenvalue weighted by Gasteiger charge is -2.22. The second-order valence-corrected chi connectivity index (χ2v) is 4.21. The zero-order chi connectivity index (χ0) is 11.5. The number of aromatic nitrogens is 1. The standard InChI is InChI=1S/C11H13ClN2O2/c12-10-5-1-4-9(13-10)11(16)14-6-2-3-8(14)7-15/h1,4-5,8,15H,2-3,6-7H2/t8-/m0/s1. The SMILES string of the molecule is O=C(c1cccc(Cl)n1)N1CCC[C@H]1CO. The zero-order valence-electron chi connectivity index (χ0n) is 8.77. The van der Waals surface area contributed by atoms with E-state index in [0.717, 1.165) is 12.8 Å². The van der Waals surface area contributed by atoms with Crippen LogP contribution in [0.3, 0.4) is 0 Å². The fraction of sp³-hybridized carbons (Fsp3) is 0.455. The van der Waals surface area contributed by atoms with Crippen molar-refractivity contribution in [2.24, 2.45) is 0 Å². The highest BCUT2D eigenvalue weighted by Gasteiger charge is 2.29. The highest BCUT2D eigenvalue weighted by molar-refractivity contribution is 6.29. The molecule has 2 rings (SSSR count). The molecule has 0 saturated carbocycles. The molecule has 1 aromatic rings. The second kappa shape index (κ2) is 4.80. The van der Waals surface area contributed by atoms with Gasteiger partial charge in [0.2, 0.25) is 0 Å². The Kier molecular flexibility index (Phi) is 3.41. The molecule has 1 saturated heterocycles. The summed E-state index contributed by atoms with van der Waals surface area (Å²) >= 11 is 5.73. The van der Waals surface area contributed by atoms with Crippen molar-refractivity contribution >= 4 is 17.5 Å². The van der Waals surface area contributed by atoms with Crippen molar-refractivity contribution in [2.45, 2.75) is 18.9 Å². The molecule has 4 nitrogen and oxygen atoms in total. The average Bonchev–Trinajstić information content (AvgIpc) is 2.76. The molecule has 1 aromatic heterocycles. The van der Waals surface area contributed by atoms with Crippen LogP contribution in [0.25, 0.3) is 0 Å². The number of carbonyl (C=O) groups is 1. The maximum absolute atomic E-state index is 12.1. The maximum Gasteiger partial charge on any atom is 0.272 e. The molecule has 0 radical (unpaired) electrons. The summed E-state index contributed by atoms with van der Waals surface area (Å²) in [5.41, 5.74) is 0.341. The monoisotopic (exact) mass is 240 g/mol. The van der Waals surface area contributed by atoms with Gasteiger partial charge in [0.15, 0.2) is 0 Å². The highest BCUT2D eigenvalue weighted by Crippen LogP contribution is 2.19. The summed E-state index contributed by atoms with van der Waals surface area (Å²) in [4.78, 5) is 17.7. The van der Waals surface area contributed by atoms with E-state index in [4.69, 9.17) is 16.7 Å². The quantitative estimate of drug-likeness (QED) is 0.794. The number of aliphatic hydroxyl groups is 1. The molecule has 0 unspecified atom stereocenters. The van der Waals surface area contributed by atoms with Crippen molar-refractivity contribution in [3.63, 3.8) is 0 Å². The average molecular weight is 241 g/mol. The molecule has 0 aromatic carbocycles. The minimum atomic E-state index is -0.154. The van der Waals surface area contributed by atoms with Crippen molar-refractivity contribution < 1.29 is 9.90 Å². The van der Waals surface area contributed by atoms with Crippen LogP contribution in [0, 0.1) is 0 Å². The van der Waals surface area contributed by atoms with Gasteiger partial charge in [0.05, 0.1) is 12.6 Å². The Morgan fingerprint density at radius 2 is 2.44 bits per heavy atom. The summed E-state index contributed by atoms with van der Waals surface area (Å²) in [5, 5.41) is 9.46. The van der Waals surface area contributed by atoms with Crippen molar-refractivity contribution in [1.29, 1.82) is 0 Å². The van der Waals surface area contributed by atoms with Crippen LogP contribution in [0.1, 0.15) is 23.3 Å². The summed E-state index contributed by atoms with van der Waals surface area (Å²) in [6.45, 7) is 0.685. The predicted molar refractivity (Wildman–Crippen MR) is 60.4 cm³/mol. The van der Waals surface area contributed by atoms with E-state index in [1.807, 2.05) is 0 Å². The van der Waals surface area contributed by atoms with E-state index >= 15 is 0 Å². The van der Waals surface area contributed by atoms with Crippen molar-refractivity contribution in [3.8, 4) is 0 Å². The molecule has 86 valence electrons. The topological polar surface area (TPSA) is 53.4 Å². The minimum absolute atomic E-state index is 0.00626. The highest BCUT2D eigenvalue weighted by atomic mass is 35.5. The van der Waals surface area contributed by atoms with Gasteiger partial charge in [-0.2, -0.15) is 0 Å². The van der Waals surface area contributed by atoms with Crippen LogP contribution in [-0.4, -0.2) is 40.1 Å². The molecule has 1 amide bonds. The van der Waals surface area contributed by atoms with Crippen LogP contribution in [-0.2, 0) is 0 Å². The summed E-state index contributed by atoms with van der Waals surface area (Å²) < 4.78 is 0. The van der Waals surface area contributed by atoms with Gasteiger partial charge in [0.25, 0.3) is 5.91 Å². The van der Waals surface area contributed by atoms with Crippen molar-refractivity contribution in [2.75, 3.05) is 13.2 Å². The Morgan fingerprint density at radius 3 is 3.12 bits per heavy atom. The number of rotatable bonds is 2. The maximum atomic E-state index is 12.1. The molecule has 1 aliphatic heterocycles. The van der Waals surface area contributed by atoms with Crippen LogP contribution in [0.2, 0.25) is 5.15 Å². The number of likely N-dealkylation sites (tertiary alicyclic amines) is 1. The summed E-state index contributed by atoms with van der Waals surface area (Å²) in [5.74, 6) is -0.154. The van der Waals surface area contributed by atoms with Crippen LogP contribution in [0.5, 0.6) is 0 Å². The molecular weight excluding hydrogens is 228 g/mol. The fourth-order valence-electron chi connectivity index (χ4n) is 1.97. The Labute approximate surface area is 98.9 Å². The van der Waals surface area contributed by atoms with E-state index in [-0.39, 0.29) is 18.6 Å². The fourth-order valence-corrected chi connectivity index (χ4v) is 2.13.